The predicted octanol–water partition coefficient (Wildman–Crippen LogP) is 3.14. The Labute approximate surface area is 171 Å². The first-order chi connectivity index (χ1) is 10.5. The minimum absolute atomic E-state index is 0. The van der Waals surface area contributed by atoms with E-state index in [4.69, 9.17) is 0 Å². The van der Waals surface area contributed by atoms with Gasteiger partial charge in [0.05, 0.1) is 41.8 Å². The highest BCUT2D eigenvalue weighted by molar-refractivity contribution is 5.92. The summed E-state index contributed by atoms with van der Waals surface area (Å²) >= 11 is 0. The van der Waals surface area contributed by atoms with Crippen LogP contribution in [0.3, 0.4) is 0 Å². The van der Waals surface area contributed by atoms with Crippen molar-refractivity contribution in [2.24, 2.45) is 0 Å². The smallest absolute Gasteiger partial charge is 0.246 e. The Morgan fingerprint density at radius 1 is 0.963 bits per heavy atom. The highest BCUT2D eigenvalue weighted by Crippen LogP contribution is 2.24. The van der Waals surface area contributed by atoms with Crippen LogP contribution in [0.15, 0.2) is 25.3 Å². The molecule has 0 aliphatic rings. The minimum atomic E-state index is -0.780. The van der Waals surface area contributed by atoms with Crippen molar-refractivity contribution in [3.63, 3.8) is 0 Å². The molecule has 0 saturated heterocycles. The Morgan fingerprint density at radius 3 is 1.63 bits per heavy atom. The van der Waals surface area contributed by atoms with Gasteiger partial charge in [0.25, 0.3) is 0 Å². The molecule has 27 heavy (non-hydrogen) atoms. The van der Waals surface area contributed by atoms with Crippen molar-refractivity contribution < 1.29 is 18.9 Å². The molecule has 0 aromatic heterocycles. The molecular weight excluding hydrogens is 338 g/mol. The number of hydrogen-bond acceptors (Lipinski definition) is 2. The lowest BCUT2D eigenvalue weighted by Gasteiger charge is -2.48. The van der Waals surface area contributed by atoms with Gasteiger partial charge in [0.1, 0.15) is 18.6 Å². The van der Waals surface area contributed by atoms with Gasteiger partial charge in [-0.3, -0.25) is 4.79 Å². The quantitative estimate of drug-likeness (QED) is 0.290. The molecule has 0 bridgehead atoms. The Hall–Kier alpha value is -1.17. The van der Waals surface area contributed by atoms with Crippen molar-refractivity contribution in [3.8, 4) is 0 Å². The monoisotopic (exact) mass is 388 g/mol. The van der Waals surface area contributed by atoms with Crippen LogP contribution in [0.4, 0.5) is 0 Å². The van der Waals surface area contributed by atoms with Crippen LogP contribution in [0.1, 0.15) is 27.7 Å². The average molecular weight is 389 g/mol. The van der Waals surface area contributed by atoms with E-state index in [2.05, 4.69) is 74.1 Å². The number of aliphatic hydroxyl groups is 1. The van der Waals surface area contributed by atoms with Gasteiger partial charge >= 0.3 is 0 Å². The van der Waals surface area contributed by atoms with E-state index < -0.39 is 5.60 Å². The molecule has 0 fully saturated rings. The van der Waals surface area contributed by atoms with Gasteiger partial charge in [-0.15, -0.1) is 13.2 Å². The Morgan fingerprint density at radius 2 is 1.33 bits per heavy atom. The summed E-state index contributed by atoms with van der Waals surface area (Å²) < 4.78 is 1.32. The number of nitrogens with zero attached hydrogens (tertiary/aromatic N) is 2. The first kappa shape index (κ1) is 36.7. The van der Waals surface area contributed by atoms with Gasteiger partial charge < -0.3 is 41.7 Å². The zero-order chi connectivity index (χ0) is 20.0. The molecule has 0 spiro atoms. The van der Waals surface area contributed by atoms with Gasteiger partial charge in [-0.25, -0.2) is 0 Å². The summed E-state index contributed by atoms with van der Waals surface area (Å²) in [7, 11) is 10.4. The fraction of sp³-hybridized carbons (Fsp3) is 0.636. The standard InChI is InChI=1S/C17H36N3O2.C2H4.3CH3/c1-14(2)15(21)18-11-16(3,4)20(9,10)13-17(5,22)12-19(6,7)8;1-2;;;/h22H,1,11-13H2,2-10H3;1-2H2;3*1H3/q+1;;3*-1/p+1. The molecule has 2 N–H and O–H groups in total. The van der Waals surface area contributed by atoms with Gasteiger partial charge in [-0.05, 0) is 27.7 Å². The summed E-state index contributed by atoms with van der Waals surface area (Å²) in [6.45, 7) is 19.3. The van der Waals surface area contributed by atoms with Crippen LogP contribution in [0, 0.1) is 22.3 Å². The second-order valence-corrected chi connectivity index (χ2v) is 9.06. The fourth-order valence-corrected chi connectivity index (χ4v) is 2.80. The zero-order valence-corrected chi connectivity index (χ0v) is 20.5. The fourth-order valence-electron chi connectivity index (χ4n) is 2.80. The maximum absolute atomic E-state index is 11.7. The molecule has 1 amide bonds. The van der Waals surface area contributed by atoms with Crippen LogP contribution < -0.4 is 5.32 Å². The lowest BCUT2D eigenvalue weighted by molar-refractivity contribution is -0.948. The molecule has 0 aliphatic heterocycles. The van der Waals surface area contributed by atoms with Crippen molar-refractivity contribution in [1.29, 1.82) is 0 Å². The summed E-state index contributed by atoms with van der Waals surface area (Å²) in [5.41, 5.74) is -0.477. The largest absolute Gasteiger partial charge is 0.379 e. The summed E-state index contributed by atoms with van der Waals surface area (Å²) in [4.78, 5) is 11.7. The van der Waals surface area contributed by atoms with Crippen LogP contribution in [-0.2, 0) is 4.79 Å². The molecule has 0 aromatic carbocycles. The maximum atomic E-state index is 11.7. The molecule has 0 radical (unpaired) electrons. The molecule has 0 saturated carbocycles. The maximum Gasteiger partial charge on any atom is 0.246 e. The van der Waals surface area contributed by atoms with E-state index in [1.165, 1.54) is 0 Å². The molecule has 1 unspecified atom stereocenters. The Kier molecular flexibility index (Phi) is 17.8. The number of carbonyl (C=O) groups excluding carboxylic acids is 1. The third kappa shape index (κ3) is 14.5. The molecule has 0 aliphatic carbocycles. The second-order valence-electron chi connectivity index (χ2n) is 9.06. The van der Waals surface area contributed by atoms with Crippen molar-refractivity contribution in [3.05, 3.63) is 47.6 Å². The predicted molar refractivity (Wildman–Crippen MR) is 123 cm³/mol. The van der Waals surface area contributed by atoms with E-state index in [-0.39, 0.29) is 33.7 Å². The number of nitrogens with one attached hydrogen (secondary N) is 1. The Bertz CT molecular complexity index is 433. The molecular formula is C22H50N3O2-. The third-order valence-electron chi connectivity index (χ3n) is 4.26. The van der Waals surface area contributed by atoms with E-state index in [9.17, 15) is 9.90 Å². The molecule has 1 atom stereocenters. The van der Waals surface area contributed by atoms with Gasteiger partial charge in [0.2, 0.25) is 5.91 Å². The lowest BCUT2D eigenvalue weighted by atomic mass is 9.95. The van der Waals surface area contributed by atoms with Crippen molar-refractivity contribution >= 4 is 5.91 Å². The molecule has 5 nitrogen and oxygen atoms in total. The SMILES string of the molecule is C=C.C=C(C)C(=O)NCC(C)(C)[N+](C)(C)CC(C)(O)C[N+](C)(C)C.[CH3-].[CH3-].[CH3-]. The van der Waals surface area contributed by atoms with Crippen molar-refractivity contribution in [2.75, 3.05) is 54.9 Å². The van der Waals surface area contributed by atoms with Gasteiger partial charge in [-0.2, -0.15) is 0 Å². The lowest BCUT2D eigenvalue weighted by Crippen LogP contribution is -2.66. The van der Waals surface area contributed by atoms with E-state index in [1.807, 2.05) is 6.92 Å². The van der Waals surface area contributed by atoms with Crippen LogP contribution in [0.25, 0.3) is 0 Å². The minimum Gasteiger partial charge on any atom is -0.379 e. The van der Waals surface area contributed by atoms with Crippen molar-refractivity contribution in [1.82, 2.24) is 5.32 Å². The first-order valence-electron chi connectivity index (χ1n) is 8.29. The van der Waals surface area contributed by atoms with E-state index >= 15 is 0 Å². The summed E-state index contributed by atoms with van der Waals surface area (Å²) in [6.07, 6.45) is 0. The number of hydrogen-bond donors (Lipinski definition) is 2. The summed E-state index contributed by atoms with van der Waals surface area (Å²) in [5.74, 6) is -0.119. The first-order valence-corrected chi connectivity index (χ1v) is 8.29. The molecule has 166 valence electrons. The van der Waals surface area contributed by atoms with Gasteiger partial charge in [0, 0.05) is 5.57 Å². The number of carbonyl (C=O) groups is 1. The number of amides is 1. The normalized spacial score (nSPS) is 13.3. The second kappa shape index (κ2) is 13.1. The number of quaternary nitrogens is 2. The third-order valence-corrected chi connectivity index (χ3v) is 4.26. The zero-order valence-electron chi connectivity index (χ0n) is 20.5. The average Bonchev–Trinajstić information content (AvgIpc) is 2.33. The van der Waals surface area contributed by atoms with Crippen molar-refractivity contribution in [2.45, 2.75) is 38.8 Å². The molecule has 0 heterocycles. The topological polar surface area (TPSA) is 49.3 Å². The summed E-state index contributed by atoms with van der Waals surface area (Å²) in [6, 6.07) is 0. The van der Waals surface area contributed by atoms with Crippen LogP contribution in [-0.4, -0.2) is 86.0 Å². The summed E-state index contributed by atoms with van der Waals surface area (Å²) in [5, 5.41) is 13.7. The highest BCUT2D eigenvalue weighted by atomic mass is 16.3. The Balaban J connectivity index is -0.000000311. The number of likely N-dealkylation sites (N-methyl/N-ethyl adjacent to an activating group) is 2. The van der Waals surface area contributed by atoms with Crippen LogP contribution >= 0.6 is 0 Å². The van der Waals surface area contributed by atoms with Gasteiger partial charge in [0.15, 0.2) is 5.60 Å². The van der Waals surface area contributed by atoms with E-state index in [0.29, 0.717) is 34.2 Å². The van der Waals surface area contributed by atoms with E-state index in [1.54, 1.807) is 6.92 Å². The molecule has 5 heteroatoms. The van der Waals surface area contributed by atoms with Gasteiger partial charge in [-0.1, -0.05) is 6.58 Å². The van der Waals surface area contributed by atoms with Crippen LogP contribution in [0.5, 0.6) is 0 Å². The highest BCUT2D eigenvalue weighted by Gasteiger charge is 2.43. The number of rotatable bonds is 8. The van der Waals surface area contributed by atoms with E-state index in [0.717, 1.165) is 0 Å². The van der Waals surface area contributed by atoms with Crippen LogP contribution in [0.2, 0.25) is 0 Å². The molecule has 0 rings (SSSR count). The molecule has 0 aromatic rings.